The number of aryl methyl sites for hydroxylation is 2. The van der Waals surface area contributed by atoms with Crippen LogP contribution in [-0.4, -0.2) is 54.5 Å². The predicted molar refractivity (Wildman–Crippen MR) is 149 cm³/mol. The molecule has 10 heteroatoms. The third-order valence-electron chi connectivity index (χ3n) is 6.28. The number of carbonyl (C=O) groups excluding carboxylic acids is 2. The maximum Gasteiger partial charge on any atom is 0.306 e. The van der Waals surface area contributed by atoms with Gasteiger partial charge in [-0.05, 0) is 49.2 Å². The van der Waals surface area contributed by atoms with E-state index < -0.39 is 0 Å². The van der Waals surface area contributed by atoms with Gasteiger partial charge in [-0.3, -0.25) is 9.59 Å². The van der Waals surface area contributed by atoms with Gasteiger partial charge in [-0.25, -0.2) is 9.97 Å². The zero-order valence-electron chi connectivity index (χ0n) is 23.2. The Hall–Kier alpha value is -4.60. The van der Waals surface area contributed by atoms with Gasteiger partial charge < -0.3 is 28.8 Å². The normalized spacial score (nSPS) is 12.1. The zero-order chi connectivity index (χ0) is 29.1. The first-order valence-corrected chi connectivity index (χ1v) is 13.1. The maximum atomic E-state index is 11.8. The van der Waals surface area contributed by atoms with Crippen molar-refractivity contribution in [3.8, 4) is 11.5 Å². The summed E-state index contributed by atoms with van der Waals surface area (Å²) in [5.41, 5.74) is 1.84. The third-order valence-corrected chi connectivity index (χ3v) is 6.28. The molecule has 0 fully saturated rings. The van der Waals surface area contributed by atoms with Crippen molar-refractivity contribution in [2.45, 2.75) is 38.5 Å². The van der Waals surface area contributed by atoms with Gasteiger partial charge in [-0.15, -0.1) is 0 Å². The number of phenolic OH excluding ortho intramolecular Hbond substituents is 2. The summed E-state index contributed by atoms with van der Waals surface area (Å²) >= 11 is 0. The van der Waals surface area contributed by atoms with E-state index in [9.17, 15) is 19.8 Å². The van der Waals surface area contributed by atoms with Gasteiger partial charge in [0.25, 0.3) is 0 Å². The fourth-order valence-corrected chi connectivity index (χ4v) is 4.33. The molecular formula is C30H36N4O6. The summed E-state index contributed by atoms with van der Waals surface area (Å²) < 4.78 is 13.8. The van der Waals surface area contributed by atoms with Crippen molar-refractivity contribution in [3.05, 3.63) is 96.1 Å². The number of aromatic hydroxyl groups is 2. The van der Waals surface area contributed by atoms with Crippen molar-refractivity contribution in [2.24, 2.45) is 14.1 Å². The molecule has 0 aliphatic rings. The SMILES string of the molecule is CCOC(=O)CC(c1ccc(O)cc1)c1nccn1C.CCOC(=O)C[C@@H](c1ccc(O)cc1)c1nccn1C. The molecule has 0 bridgehead atoms. The number of imidazole rings is 2. The van der Waals surface area contributed by atoms with Crippen molar-refractivity contribution in [1.29, 1.82) is 0 Å². The Morgan fingerprint density at radius 1 is 0.700 bits per heavy atom. The first-order chi connectivity index (χ1) is 19.2. The lowest BCUT2D eigenvalue weighted by atomic mass is 9.94. The van der Waals surface area contributed by atoms with E-state index in [1.54, 1.807) is 74.8 Å². The lowest BCUT2D eigenvalue weighted by Crippen LogP contribution is -2.14. The minimum Gasteiger partial charge on any atom is -0.508 e. The molecule has 0 aliphatic heterocycles. The van der Waals surface area contributed by atoms with E-state index in [1.165, 1.54) is 0 Å². The third kappa shape index (κ3) is 8.20. The minimum absolute atomic E-state index is 0.186. The standard InChI is InChI=1S/2C15H18N2O3/c2*1-3-20-14(19)10-13(15-16-8-9-17(15)2)11-4-6-12(18)7-5-11/h2*4-9,13,18H,3,10H2,1-2H3/t13-;/m0./s1. The second-order valence-corrected chi connectivity index (χ2v) is 9.10. The molecule has 0 saturated heterocycles. The highest BCUT2D eigenvalue weighted by molar-refractivity contribution is 5.71. The molecule has 0 aliphatic carbocycles. The van der Waals surface area contributed by atoms with E-state index in [-0.39, 0.29) is 48.1 Å². The molecule has 0 radical (unpaired) electrons. The highest BCUT2D eigenvalue weighted by Crippen LogP contribution is 2.29. The van der Waals surface area contributed by atoms with Crippen molar-refractivity contribution in [2.75, 3.05) is 13.2 Å². The number of phenols is 2. The Balaban J connectivity index is 0.000000220. The second kappa shape index (κ2) is 14.5. The van der Waals surface area contributed by atoms with Crippen molar-refractivity contribution in [3.63, 3.8) is 0 Å². The highest BCUT2D eigenvalue weighted by atomic mass is 16.5. The molecule has 0 amide bonds. The Kier molecular flexibility index (Phi) is 10.9. The van der Waals surface area contributed by atoms with Crippen LogP contribution in [0.5, 0.6) is 11.5 Å². The number of esters is 2. The van der Waals surface area contributed by atoms with E-state index in [4.69, 9.17) is 9.47 Å². The molecule has 212 valence electrons. The molecule has 40 heavy (non-hydrogen) atoms. The highest BCUT2D eigenvalue weighted by Gasteiger charge is 2.23. The van der Waals surface area contributed by atoms with E-state index in [0.717, 1.165) is 22.8 Å². The molecule has 0 saturated carbocycles. The quantitative estimate of drug-likeness (QED) is 0.279. The predicted octanol–water partition coefficient (Wildman–Crippen LogP) is 4.42. The number of rotatable bonds is 10. The summed E-state index contributed by atoms with van der Waals surface area (Å²) in [5.74, 6) is 1.10. The molecule has 2 aromatic carbocycles. The van der Waals surface area contributed by atoms with Gasteiger partial charge >= 0.3 is 11.9 Å². The van der Waals surface area contributed by atoms with Gasteiger partial charge in [-0.1, -0.05) is 24.3 Å². The molecule has 0 spiro atoms. The van der Waals surface area contributed by atoms with Gasteiger partial charge in [0.1, 0.15) is 23.1 Å². The van der Waals surface area contributed by atoms with Crippen LogP contribution in [0.2, 0.25) is 0 Å². The van der Waals surface area contributed by atoms with Gasteiger partial charge in [0, 0.05) is 38.9 Å². The van der Waals surface area contributed by atoms with Crippen LogP contribution in [0.1, 0.15) is 61.3 Å². The lowest BCUT2D eigenvalue weighted by Gasteiger charge is -2.16. The molecule has 2 atom stereocenters. The van der Waals surface area contributed by atoms with Crippen molar-refractivity contribution < 1.29 is 29.3 Å². The number of hydrogen-bond acceptors (Lipinski definition) is 8. The van der Waals surface area contributed by atoms with Crippen molar-refractivity contribution >= 4 is 11.9 Å². The average molecular weight is 549 g/mol. The van der Waals surface area contributed by atoms with Crippen LogP contribution in [0.15, 0.2) is 73.3 Å². The Morgan fingerprint density at radius 2 is 1.05 bits per heavy atom. The van der Waals surface area contributed by atoms with E-state index >= 15 is 0 Å². The molecule has 2 heterocycles. The monoisotopic (exact) mass is 548 g/mol. The smallest absolute Gasteiger partial charge is 0.306 e. The van der Waals surface area contributed by atoms with E-state index in [1.807, 2.05) is 35.6 Å². The number of benzene rings is 2. The van der Waals surface area contributed by atoms with Gasteiger partial charge in [0.05, 0.1) is 37.9 Å². The van der Waals surface area contributed by atoms with Gasteiger partial charge in [-0.2, -0.15) is 0 Å². The molecule has 4 rings (SSSR count). The summed E-state index contributed by atoms with van der Waals surface area (Å²) in [7, 11) is 3.78. The number of hydrogen-bond donors (Lipinski definition) is 2. The van der Waals surface area contributed by atoms with Crippen molar-refractivity contribution in [1.82, 2.24) is 19.1 Å². The largest absolute Gasteiger partial charge is 0.508 e. The average Bonchev–Trinajstić information content (AvgIpc) is 3.55. The molecule has 2 N–H and O–H groups in total. The number of ether oxygens (including phenoxy) is 2. The molecule has 10 nitrogen and oxygen atoms in total. The van der Waals surface area contributed by atoms with Crippen LogP contribution in [-0.2, 0) is 33.2 Å². The maximum absolute atomic E-state index is 11.8. The first-order valence-electron chi connectivity index (χ1n) is 13.1. The Bertz CT molecular complexity index is 1260. The number of aromatic nitrogens is 4. The summed E-state index contributed by atoms with van der Waals surface area (Å²) in [4.78, 5) is 32.2. The summed E-state index contributed by atoms with van der Waals surface area (Å²) in [6, 6.07) is 13.6. The van der Waals surface area contributed by atoms with Gasteiger partial charge in [0.15, 0.2) is 0 Å². The lowest BCUT2D eigenvalue weighted by molar-refractivity contribution is -0.144. The molecule has 4 aromatic rings. The molecule has 1 unspecified atom stereocenters. The molecular weight excluding hydrogens is 512 g/mol. The Labute approximate surface area is 233 Å². The van der Waals surface area contributed by atoms with Crippen LogP contribution in [0.4, 0.5) is 0 Å². The van der Waals surface area contributed by atoms with Crippen LogP contribution in [0.25, 0.3) is 0 Å². The topological polar surface area (TPSA) is 129 Å². The summed E-state index contributed by atoms with van der Waals surface area (Å²) in [5, 5.41) is 18.8. The van der Waals surface area contributed by atoms with Crippen LogP contribution < -0.4 is 0 Å². The van der Waals surface area contributed by atoms with Crippen LogP contribution in [0.3, 0.4) is 0 Å². The van der Waals surface area contributed by atoms with Crippen LogP contribution >= 0.6 is 0 Å². The fourth-order valence-electron chi connectivity index (χ4n) is 4.33. The van der Waals surface area contributed by atoms with Gasteiger partial charge in [0.2, 0.25) is 0 Å². The number of nitrogens with zero attached hydrogens (tertiary/aromatic N) is 4. The van der Waals surface area contributed by atoms with E-state index in [2.05, 4.69) is 9.97 Å². The summed E-state index contributed by atoms with van der Waals surface area (Å²) in [6.45, 7) is 4.30. The fraction of sp³-hybridized carbons (Fsp3) is 0.333. The number of carbonyl (C=O) groups is 2. The van der Waals surface area contributed by atoms with E-state index in [0.29, 0.717) is 13.2 Å². The minimum atomic E-state index is -0.256. The second-order valence-electron chi connectivity index (χ2n) is 9.10. The first kappa shape index (κ1) is 29.9. The zero-order valence-corrected chi connectivity index (χ0v) is 23.2. The Morgan fingerprint density at radius 3 is 1.32 bits per heavy atom. The molecule has 2 aromatic heterocycles. The summed E-state index contributed by atoms with van der Waals surface area (Å²) in [6.07, 6.45) is 7.54. The van der Waals surface area contributed by atoms with Crippen LogP contribution in [0, 0.1) is 0 Å².